The third kappa shape index (κ3) is 18.0. The number of carboxylic acids is 3. The number of hydrogen-bond donors (Lipinski definition) is 0. The van der Waals surface area contributed by atoms with E-state index in [-0.39, 0.29) is 52.9 Å². The fraction of sp³-hybridized carbons (Fsp3) is 0.0500. The molecule has 0 spiro atoms. The molecule has 0 saturated heterocycles. The Balaban J connectivity index is 0.000000206. The number of carbonyl (C=O) groups excluding carboxylic acids is 6. The topological polar surface area (TPSA) is 172 Å². The Morgan fingerprint density at radius 2 is 0.520 bits per heavy atom. The second-order valence-corrected chi connectivity index (χ2v) is 21.0. The molecule has 3 aliphatic carbocycles. The van der Waals surface area contributed by atoms with Crippen LogP contribution in [0.2, 0.25) is 0 Å². The molecule has 3 unspecified atom stereocenters. The Labute approximate surface area is 464 Å². The first-order chi connectivity index (χ1) is 35.9. The fourth-order valence-corrected chi connectivity index (χ4v) is 12.4. The first-order valence-electron chi connectivity index (χ1n) is 22.3. The van der Waals surface area contributed by atoms with Crippen LogP contribution in [0.15, 0.2) is 270 Å². The summed E-state index contributed by atoms with van der Waals surface area (Å²) in [6, 6.07) is 64.7. The molecule has 6 aromatic carbocycles. The number of allylic oxidation sites excluding steroid dienone is 12. The summed E-state index contributed by atoms with van der Waals surface area (Å²) >= 11 is 16.8. The molecule has 1 radical (unpaired) electrons. The van der Waals surface area contributed by atoms with Gasteiger partial charge in [0.15, 0.2) is 0 Å². The number of hydrogen-bond acceptors (Lipinski definition) is 9. The fourth-order valence-electron chi connectivity index (χ4n) is 6.90. The van der Waals surface area contributed by atoms with Crippen LogP contribution in [-0.2, 0) is 48.2 Å². The van der Waals surface area contributed by atoms with E-state index in [1.807, 2.05) is 0 Å². The molecule has 0 heterocycles. The van der Waals surface area contributed by atoms with Crippen molar-refractivity contribution < 1.29 is 63.6 Å². The zero-order valence-electron chi connectivity index (χ0n) is 39.3. The monoisotopic (exact) mass is 1180 g/mol. The number of aliphatic carboxylic acids is 3. The van der Waals surface area contributed by atoms with Crippen molar-refractivity contribution >= 4 is 118 Å². The average molecular weight is 1180 g/mol. The molecule has 375 valence electrons. The van der Waals surface area contributed by atoms with E-state index in [1.165, 1.54) is 86.5 Å². The van der Waals surface area contributed by atoms with Gasteiger partial charge in [-0.05, 0) is 82.6 Å². The van der Waals surface area contributed by atoms with E-state index in [4.69, 9.17) is 34.8 Å². The first-order valence-corrected chi connectivity index (χ1v) is 26.3. The van der Waals surface area contributed by atoms with Crippen molar-refractivity contribution in [3.05, 3.63) is 270 Å². The quantitative estimate of drug-likeness (QED) is 0.0765. The number of rotatable bonds is 9. The van der Waals surface area contributed by atoms with E-state index in [1.54, 1.807) is 17.8 Å². The zero-order chi connectivity index (χ0) is 53.2. The summed E-state index contributed by atoms with van der Waals surface area (Å²) in [7, 11) is -0.892. The third-order valence-corrected chi connectivity index (χ3v) is 16.7. The van der Waals surface area contributed by atoms with Crippen molar-refractivity contribution in [2.75, 3.05) is 0 Å². The molecule has 15 heteroatoms. The molecule has 0 N–H and O–H groups in total. The van der Waals surface area contributed by atoms with E-state index in [0.717, 1.165) is 0 Å². The molecule has 3 atom stereocenters. The predicted molar refractivity (Wildman–Crippen MR) is 294 cm³/mol. The van der Waals surface area contributed by atoms with Crippen LogP contribution in [0.25, 0.3) is 0 Å². The van der Waals surface area contributed by atoms with Gasteiger partial charge in [-0.3, -0.25) is 0 Å². The molecule has 9 rings (SSSR count). The Morgan fingerprint density at radius 3 is 0.667 bits per heavy atom. The summed E-state index contributed by atoms with van der Waals surface area (Å²) < 4.78 is 0. The van der Waals surface area contributed by atoms with E-state index in [0.29, 0.717) is 0 Å². The van der Waals surface area contributed by atoms with Gasteiger partial charge in [0.25, 0.3) is 0 Å². The van der Waals surface area contributed by atoms with Gasteiger partial charge in [-0.1, -0.05) is 218 Å². The Morgan fingerprint density at radius 1 is 0.347 bits per heavy atom. The van der Waals surface area contributed by atoms with Gasteiger partial charge < -0.3 is 29.7 Å². The van der Waals surface area contributed by atoms with Gasteiger partial charge in [0.2, 0.25) is 0 Å². The van der Waals surface area contributed by atoms with Crippen LogP contribution in [0.4, 0.5) is 0 Å². The van der Waals surface area contributed by atoms with Crippen molar-refractivity contribution in [2.24, 2.45) is 0 Å². The molecule has 0 amide bonds. The molecule has 0 aliphatic heterocycles. The van der Waals surface area contributed by atoms with E-state index < -0.39 is 49.9 Å². The van der Waals surface area contributed by atoms with Crippen molar-refractivity contribution in [3.63, 3.8) is 0 Å². The molecule has 0 aromatic heterocycles. The van der Waals surface area contributed by atoms with Crippen molar-refractivity contribution in [1.29, 1.82) is 0 Å². The molecule has 0 saturated carbocycles. The molecular weight excluding hydrogens is 1130 g/mol. The Kier molecular flexibility index (Phi) is 26.0. The minimum atomic E-state index is -1.37. The maximum Gasteiger partial charge on any atom is 3.00 e. The SMILES string of the molecule is O=C=C1C=CC=C(C(=O)[O-])C1Cl.O=C=C1C=CC=C(C(=O)[O-])C1Cl.O=C=C1C=CC=C(C(=O)[O-])C1Cl.[Ru+3].c1ccc(P(c2ccccc2)c2ccccc2)cc1.c1ccc(P(c2ccccc2)c2ccccc2)cc1. The standard InChI is InChI=1S/2C18H15P.3C8H5ClO3.Ru/c2*1-4-10-16(11-5-1)19(17-12-6-2-7-13-17)18-14-8-3-9-15-18;3*9-7-5(4-10)2-1-3-6(7)8(11)12;/h2*1-15H;3*1-3,7H,(H,11,12);/q;;;;;+3/p-3. The number of alkyl halides is 3. The zero-order valence-corrected chi connectivity index (χ0v) is 45.1. The van der Waals surface area contributed by atoms with Crippen molar-refractivity contribution in [2.45, 2.75) is 16.1 Å². The van der Waals surface area contributed by atoms with Crippen LogP contribution >= 0.6 is 50.6 Å². The molecule has 3 aliphatic rings. The van der Waals surface area contributed by atoms with Gasteiger partial charge >= 0.3 is 19.5 Å². The second-order valence-electron chi connectivity index (χ2n) is 15.2. The summed E-state index contributed by atoms with van der Waals surface area (Å²) in [5.41, 5.74) is -0.0114. The van der Waals surface area contributed by atoms with Crippen LogP contribution < -0.4 is 47.1 Å². The number of benzene rings is 6. The summed E-state index contributed by atoms with van der Waals surface area (Å²) in [4.78, 5) is 61.8. The van der Waals surface area contributed by atoms with Gasteiger partial charge in [0.05, 0.1) is 50.8 Å². The van der Waals surface area contributed by atoms with E-state index >= 15 is 0 Å². The van der Waals surface area contributed by atoms with Crippen LogP contribution in [0.3, 0.4) is 0 Å². The van der Waals surface area contributed by atoms with E-state index in [9.17, 15) is 44.1 Å². The predicted octanol–water partition coefficient (Wildman–Crippen LogP) is 5.68. The van der Waals surface area contributed by atoms with Gasteiger partial charge in [0, 0.05) is 0 Å². The second kappa shape index (κ2) is 32.2. The van der Waals surface area contributed by atoms with Crippen molar-refractivity contribution in [1.82, 2.24) is 0 Å². The summed E-state index contributed by atoms with van der Waals surface area (Å²) in [6.45, 7) is 0. The normalized spacial score (nSPS) is 15.7. The maximum absolute atomic E-state index is 10.4. The van der Waals surface area contributed by atoms with Gasteiger partial charge in [0.1, 0.15) is 17.8 Å². The van der Waals surface area contributed by atoms with Crippen LogP contribution in [0, 0.1) is 0 Å². The molecule has 9 nitrogen and oxygen atoms in total. The molecule has 0 bridgehead atoms. The Bertz CT molecular complexity index is 2740. The van der Waals surface area contributed by atoms with Crippen LogP contribution in [0.5, 0.6) is 0 Å². The van der Waals surface area contributed by atoms with Crippen molar-refractivity contribution in [3.8, 4) is 0 Å². The number of carboxylic acid groups (broad SMARTS) is 3. The number of halogens is 3. The average Bonchev–Trinajstić information content (AvgIpc) is 3.43. The third-order valence-electron chi connectivity index (χ3n) is 10.4. The summed E-state index contributed by atoms with van der Waals surface area (Å²) in [5, 5.41) is 36.7. The minimum Gasteiger partial charge on any atom is -0.545 e. The molecular formula is C60H42Cl3O9P2Ru. The maximum atomic E-state index is 10.4. The molecule has 6 aromatic rings. The summed E-state index contributed by atoms with van der Waals surface area (Å²) in [6.07, 6.45) is 12.4. The van der Waals surface area contributed by atoms with Crippen LogP contribution in [-0.4, -0.2) is 51.9 Å². The van der Waals surface area contributed by atoms with E-state index in [2.05, 4.69) is 182 Å². The number of carbonyl (C=O) groups is 3. The largest absolute Gasteiger partial charge is 3.00 e. The van der Waals surface area contributed by atoms with Gasteiger partial charge in [-0.2, -0.15) is 0 Å². The van der Waals surface area contributed by atoms with Gasteiger partial charge in [-0.15, -0.1) is 34.8 Å². The van der Waals surface area contributed by atoms with Crippen LogP contribution in [0.1, 0.15) is 0 Å². The first kappa shape index (κ1) is 60.4. The minimum absolute atomic E-state index is 0. The Hall–Kier alpha value is -7.13. The smallest absolute Gasteiger partial charge is 0.545 e. The summed E-state index contributed by atoms with van der Waals surface area (Å²) in [5.74, 6) is 0.558. The molecule has 0 fully saturated rings. The van der Waals surface area contributed by atoms with Gasteiger partial charge in [-0.25, -0.2) is 14.4 Å². The molecule has 75 heavy (non-hydrogen) atoms.